The Balaban J connectivity index is 1.62. The summed E-state index contributed by atoms with van der Waals surface area (Å²) in [5, 5.41) is 2.97. The van der Waals surface area contributed by atoms with Gasteiger partial charge in [-0.05, 0) is 42.7 Å². The highest BCUT2D eigenvalue weighted by atomic mass is 79.9. The van der Waals surface area contributed by atoms with Crippen molar-refractivity contribution in [1.82, 2.24) is 9.97 Å². The van der Waals surface area contributed by atoms with E-state index in [-0.39, 0.29) is 5.91 Å². The van der Waals surface area contributed by atoms with Gasteiger partial charge in [-0.3, -0.25) is 10.1 Å². The van der Waals surface area contributed by atoms with E-state index < -0.39 is 5.41 Å². The lowest BCUT2D eigenvalue weighted by atomic mass is 9.64. The molecule has 0 saturated heterocycles. The molecule has 1 heterocycles. The summed E-state index contributed by atoms with van der Waals surface area (Å²) in [5.41, 5.74) is 2.42. The van der Waals surface area contributed by atoms with Crippen molar-refractivity contribution in [3.8, 4) is 0 Å². The molecule has 1 amide bonds. The Morgan fingerprint density at radius 2 is 1.87 bits per heavy atom. The van der Waals surface area contributed by atoms with Crippen LogP contribution in [0.5, 0.6) is 0 Å². The lowest BCUT2D eigenvalue weighted by Crippen LogP contribution is -2.46. The Morgan fingerprint density at radius 1 is 1.13 bits per heavy atom. The number of fused-ring (bicyclic) bond motifs is 1. The van der Waals surface area contributed by atoms with Gasteiger partial charge in [0.2, 0.25) is 11.9 Å². The zero-order chi connectivity index (χ0) is 15.9. The van der Waals surface area contributed by atoms with Gasteiger partial charge in [0.1, 0.15) is 0 Å². The molecule has 1 aromatic heterocycles. The summed E-state index contributed by atoms with van der Waals surface area (Å²) in [7, 11) is 0. The van der Waals surface area contributed by atoms with Crippen LogP contribution in [-0.4, -0.2) is 15.9 Å². The molecule has 0 radical (unpaired) electrons. The van der Waals surface area contributed by atoms with E-state index in [9.17, 15) is 4.79 Å². The van der Waals surface area contributed by atoms with Crippen molar-refractivity contribution >= 4 is 38.8 Å². The third kappa shape index (κ3) is 2.45. The molecule has 2 aromatic carbocycles. The molecule has 5 heteroatoms. The SMILES string of the molecule is O=C(Nc1nc2ccccc2[nH]1)C1(c2ccc(Br)cc2)CCC1. The molecule has 0 atom stereocenters. The number of H-pyrrole nitrogens is 1. The highest BCUT2D eigenvalue weighted by Gasteiger charge is 2.45. The van der Waals surface area contributed by atoms with E-state index in [2.05, 4.69) is 31.2 Å². The standard InChI is InChI=1S/C18H16BrN3O/c19-13-8-6-12(7-9-13)18(10-3-11-18)16(23)22-17-20-14-4-1-2-5-15(14)21-17/h1-2,4-9H,3,10-11H2,(H2,20,21,22,23). The second-order valence-electron chi connectivity index (χ2n) is 6.00. The van der Waals surface area contributed by atoms with Crippen LogP contribution in [0.1, 0.15) is 24.8 Å². The first-order valence-electron chi connectivity index (χ1n) is 7.70. The Kier molecular flexibility index (Phi) is 3.45. The lowest BCUT2D eigenvalue weighted by molar-refractivity contribution is -0.124. The van der Waals surface area contributed by atoms with Crippen LogP contribution < -0.4 is 5.32 Å². The van der Waals surface area contributed by atoms with E-state index in [1.807, 2.05) is 48.5 Å². The molecule has 0 unspecified atom stereocenters. The number of amides is 1. The maximum Gasteiger partial charge on any atom is 0.237 e. The Hall–Kier alpha value is -2.14. The number of anilines is 1. The summed E-state index contributed by atoms with van der Waals surface area (Å²) in [6.07, 6.45) is 2.82. The Bertz CT molecular complexity index is 832. The quantitative estimate of drug-likeness (QED) is 0.719. The molecule has 4 rings (SSSR count). The Morgan fingerprint density at radius 3 is 2.52 bits per heavy atom. The van der Waals surface area contributed by atoms with E-state index in [0.29, 0.717) is 5.95 Å². The van der Waals surface area contributed by atoms with Crippen LogP contribution in [0, 0.1) is 0 Å². The van der Waals surface area contributed by atoms with Gasteiger partial charge in [-0.15, -0.1) is 0 Å². The summed E-state index contributed by atoms with van der Waals surface area (Å²) < 4.78 is 1.02. The lowest BCUT2D eigenvalue weighted by Gasteiger charge is -2.40. The third-order valence-corrected chi connectivity index (χ3v) is 5.19. The monoisotopic (exact) mass is 369 g/mol. The van der Waals surface area contributed by atoms with Gasteiger partial charge in [0.05, 0.1) is 16.4 Å². The van der Waals surface area contributed by atoms with Gasteiger partial charge in [0, 0.05) is 4.47 Å². The fraction of sp³-hybridized carbons (Fsp3) is 0.222. The smallest absolute Gasteiger partial charge is 0.237 e. The predicted molar refractivity (Wildman–Crippen MR) is 94.4 cm³/mol. The number of carbonyl (C=O) groups excluding carboxylic acids is 1. The number of benzene rings is 2. The molecule has 116 valence electrons. The van der Waals surface area contributed by atoms with Gasteiger partial charge >= 0.3 is 0 Å². The molecule has 3 aromatic rings. The summed E-state index contributed by atoms with van der Waals surface area (Å²) in [6, 6.07) is 15.8. The molecular formula is C18H16BrN3O. The topological polar surface area (TPSA) is 57.8 Å². The van der Waals surface area contributed by atoms with Gasteiger partial charge < -0.3 is 4.98 Å². The number of aromatic nitrogens is 2. The second-order valence-corrected chi connectivity index (χ2v) is 6.91. The molecule has 1 fully saturated rings. The fourth-order valence-corrected chi connectivity index (χ4v) is 3.45. The highest BCUT2D eigenvalue weighted by Crippen LogP contribution is 2.44. The first-order valence-corrected chi connectivity index (χ1v) is 8.49. The van der Waals surface area contributed by atoms with E-state index >= 15 is 0 Å². The van der Waals surface area contributed by atoms with Crippen LogP contribution in [-0.2, 0) is 10.2 Å². The van der Waals surface area contributed by atoms with Gasteiger partial charge in [-0.2, -0.15) is 0 Å². The predicted octanol–water partition coefficient (Wildman–Crippen LogP) is 4.39. The minimum atomic E-state index is -0.431. The van der Waals surface area contributed by atoms with Crippen LogP contribution in [0.2, 0.25) is 0 Å². The average Bonchev–Trinajstić information content (AvgIpc) is 2.90. The van der Waals surface area contributed by atoms with E-state index in [0.717, 1.165) is 40.3 Å². The molecule has 0 bridgehead atoms. The zero-order valence-corrected chi connectivity index (χ0v) is 14.1. The summed E-state index contributed by atoms with van der Waals surface area (Å²) in [6.45, 7) is 0. The van der Waals surface area contributed by atoms with Crippen LogP contribution in [0.15, 0.2) is 53.0 Å². The number of rotatable bonds is 3. The number of hydrogen-bond acceptors (Lipinski definition) is 2. The maximum absolute atomic E-state index is 12.9. The van der Waals surface area contributed by atoms with Crippen LogP contribution in [0.25, 0.3) is 11.0 Å². The van der Waals surface area contributed by atoms with Crippen molar-refractivity contribution in [3.63, 3.8) is 0 Å². The molecule has 2 N–H and O–H groups in total. The molecule has 1 aliphatic rings. The average molecular weight is 370 g/mol. The zero-order valence-electron chi connectivity index (χ0n) is 12.5. The summed E-state index contributed by atoms with van der Waals surface area (Å²) >= 11 is 3.45. The molecular weight excluding hydrogens is 354 g/mol. The van der Waals surface area contributed by atoms with Crippen LogP contribution >= 0.6 is 15.9 Å². The number of carbonyl (C=O) groups is 1. The molecule has 1 aliphatic carbocycles. The number of hydrogen-bond donors (Lipinski definition) is 2. The molecule has 0 aliphatic heterocycles. The van der Waals surface area contributed by atoms with Crippen LogP contribution in [0.3, 0.4) is 0 Å². The molecule has 4 nitrogen and oxygen atoms in total. The number of nitrogens with zero attached hydrogens (tertiary/aromatic N) is 1. The van der Waals surface area contributed by atoms with E-state index in [1.54, 1.807) is 0 Å². The van der Waals surface area contributed by atoms with Crippen LogP contribution in [0.4, 0.5) is 5.95 Å². The van der Waals surface area contributed by atoms with Crippen molar-refractivity contribution in [3.05, 3.63) is 58.6 Å². The van der Waals surface area contributed by atoms with Crippen molar-refractivity contribution in [2.75, 3.05) is 5.32 Å². The highest BCUT2D eigenvalue weighted by molar-refractivity contribution is 9.10. The van der Waals surface area contributed by atoms with Crippen molar-refractivity contribution in [2.45, 2.75) is 24.7 Å². The first-order chi connectivity index (χ1) is 11.2. The number of nitrogens with one attached hydrogen (secondary N) is 2. The first kappa shape index (κ1) is 14.5. The fourth-order valence-electron chi connectivity index (χ4n) is 3.19. The molecule has 1 saturated carbocycles. The van der Waals surface area contributed by atoms with E-state index in [4.69, 9.17) is 0 Å². The minimum Gasteiger partial charge on any atom is -0.324 e. The van der Waals surface area contributed by atoms with Gasteiger partial charge in [-0.1, -0.05) is 46.6 Å². The molecule has 0 spiro atoms. The number of para-hydroxylation sites is 2. The van der Waals surface area contributed by atoms with Crippen molar-refractivity contribution in [1.29, 1.82) is 0 Å². The van der Waals surface area contributed by atoms with Gasteiger partial charge in [0.15, 0.2) is 0 Å². The van der Waals surface area contributed by atoms with Gasteiger partial charge in [0.25, 0.3) is 0 Å². The number of halogens is 1. The number of imidazole rings is 1. The largest absolute Gasteiger partial charge is 0.324 e. The molecule has 23 heavy (non-hydrogen) atoms. The second kappa shape index (κ2) is 5.49. The maximum atomic E-state index is 12.9. The van der Waals surface area contributed by atoms with Gasteiger partial charge in [-0.25, -0.2) is 4.98 Å². The summed E-state index contributed by atoms with van der Waals surface area (Å²) in [5.74, 6) is 0.532. The normalized spacial score (nSPS) is 16.0. The summed E-state index contributed by atoms with van der Waals surface area (Å²) in [4.78, 5) is 20.5. The Labute approximate surface area is 142 Å². The third-order valence-electron chi connectivity index (χ3n) is 4.66. The number of aromatic amines is 1. The van der Waals surface area contributed by atoms with E-state index in [1.165, 1.54) is 0 Å². The minimum absolute atomic E-state index is 0.0186. The van der Waals surface area contributed by atoms with Crippen molar-refractivity contribution < 1.29 is 4.79 Å². The van der Waals surface area contributed by atoms with Crippen molar-refractivity contribution in [2.24, 2.45) is 0 Å².